The van der Waals surface area contributed by atoms with Crippen LogP contribution in [0.5, 0.6) is 5.75 Å². The van der Waals surface area contributed by atoms with Crippen LogP contribution in [0.3, 0.4) is 0 Å². The van der Waals surface area contributed by atoms with Crippen LogP contribution in [0.2, 0.25) is 0 Å². The van der Waals surface area contributed by atoms with E-state index >= 15 is 0 Å². The fourth-order valence-corrected chi connectivity index (χ4v) is 16.1. The topological polar surface area (TPSA) is 61.8 Å². The van der Waals surface area contributed by atoms with E-state index in [4.69, 9.17) is 10.1 Å². The van der Waals surface area contributed by atoms with Gasteiger partial charge < -0.3 is 0 Å². The van der Waals surface area contributed by atoms with Gasteiger partial charge in [-0.05, 0) is 0 Å². The molecule has 2 rings (SSSR count). The summed E-state index contributed by atoms with van der Waals surface area (Å²) in [5, 5.41) is 0. The molecule has 32 heavy (non-hydrogen) atoms. The number of methoxy groups -OCH3 is 1. The molecule has 0 N–H and O–H groups in total. The Morgan fingerprint density at radius 2 is 1.19 bits per heavy atom. The van der Waals surface area contributed by atoms with E-state index in [2.05, 4.69) is 0 Å². The third-order valence-electron chi connectivity index (χ3n) is 4.41. The van der Waals surface area contributed by atoms with Crippen LogP contribution >= 0.6 is 0 Å². The second-order valence-electron chi connectivity index (χ2n) is 6.89. The Bertz CT molecular complexity index is 964. The van der Waals surface area contributed by atoms with Gasteiger partial charge in [-0.1, -0.05) is 0 Å². The van der Waals surface area contributed by atoms with Crippen LogP contribution in [0.1, 0.15) is 16.7 Å². The van der Waals surface area contributed by atoms with Gasteiger partial charge in [0.1, 0.15) is 0 Å². The second kappa shape index (κ2) is 9.27. The summed E-state index contributed by atoms with van der Waals surface area (Å²) < 4.78 is 93.0. The molecular weight excluding hydrogens is 641 g/mol. The summed E-state index contributed by atoms with van der Waals surface area (Å²) in [5.74, 6) is -5.26. The molecule has 2 aromatic carbocycles. The van der Waals surface area contributed by atoms with E-state index in [1.54, 1.807) is 6.92 Å². The van der Waals surface area contributed by atoms with Crippen molar-refractivity contribution < 1.29 is 46.0 Å². The van der Waals surface area contributed by atoms with Crippen LogP contribution in [0.4, 0.5) is 26.3 Å². The van der Waals surface area contributed by atoms with E-state index in [1.807, 2.05) is 0 Å². The molecular formula is C20H18F6O5Pb. The molecule has 0 spiro atoms. The monoisotopic (exact) mass is 660 g/mol. The molecule has 0 heterocycles. The summed E-state index contributed by atoms with van der Waals surface area (Å²) in [6, 6.07) is 7.75. The molecule has 0 aromatic heterocycles. The van der Waals surface area contributed by atoms with Crippen molar-refractivity contribution in [3.63, 3.8) is 0 Å². The van der Waals surface area contributed by atoms with Gasteiger partial charge in [-0.25, -0.2) is 0 Å². The summed E-state index contributed by atoms with van der Waals surface area (Å²) in [4.78, 5) is 23.8. The number of carbonyl (C=O) groups excluding carboxylic acids is 2. The normalized spacial score (nSPS) is 12.3. The quantitative estimate of drug-likeness (QED) is 0.364. The zero-order valence-corrected chi connectivity index (χ0v) is 21.2. The molecule has 12 heteroatoms. The van der Waals surface area contributed by atoms with E-state index in [-0.39, 0.29) is 23.1 Å². The Balaban J connectivity index is 2.91. The first-order valence-electron chi connectivity index (χ1n) is 8.95. The molecule has 5 nitrogen and oxygen atoms in total. The van der Waals surface area contributed by atoms with Crippen molar-refractivity contribution >= 4 is 40.3 Å². The molecule has 0 fully saturated rings. The van der Waals surface area contributed by atoms with Gasteiger partial charge in [-0.2, -0.15) is 0 Å². The minimum absolute atomic E-state index is 0.136. The molecule has 0 bridgehead atoms. The number of aryl methyl sites for hydroxylation is 3. The van der Waals surface area contributed by atoms with Crippen molar-refractivity contribution in [1.29, 1.82) is 0 Å². The first kappa shape index (κ1) is 25.9. The van der Waals surface area contributed by atoms with E-state index in [1.165, 1.54) is 45.2 Å². The fourth-order valence-electron chi connectivity index (χ4n) is 3.27. The van der Waals surface area contributed by atoms with Gasteiger partial charge in [-0.15, -0.1) is 0 Å². The van der Waals surface area contributed by atoms with Crippen LogP contribution < -0.4 is 11.0 Å². The standard InChI is InChI=1S/C9H11.C7H7O.2C2HF3O2.Pb/c1-7-4-8(2)6-9(3)5-7;1-8-7-5-3-2-4-6-7;2*3-2(4,5)1(6)7;/h4-5H,1-3H3;3-6H,1H3;2*(H,6,7);/q;;;;+2/p-2. The van der Waals surface area contributed by atoms with Gasteiger partial charge in [0, 0.05) is 0 Å². The first-order chi connectivity index (χ1) is 14.6. The van der Waals surface area contributed by atoms with Crippen LogP contribution in [0.15, 0.2) is 36.4 Å². The van der Waals surface area contributed by atoms with Crippen molar-refractivity contribution in [1.82, 2.24) is 0 Å². The van der Waals surface area contributed by atoms with Gasteiger partial charge in [0.15, 0.2) is 0 Å². The Morgan fingerprint density at radius 1 is 0.781 bits per heavy atom. The number of rotatable bonds is 5. The van der Waals surface area contributed by atoms with Crippen LogP contribution in [-0.4, -0.2) is 53.5 Å². The predicted molar refractivity (Wildman–Crippen MR) is 103 cm³/mol. The third kappa shape index (κ3) is 5.53. The van der Waals surface area contributed by atoms with Crippen molar-refractivity contribution in [3.8, 4) is 5.75 Å². The molecule has 0 aliphatic heterocycles. The fraction of sp³-hybridized carbons (Fsp3) is 0.300. The first-order valence-corrected chi connectivity index (χ1v) is 16.0. The molecule has 0 aliphatic carbocycles. The summed E-state index contributed by atoms with van der Waals surface area (Å²) in [5.41, 5.74) is 1.11. The van der Waals surface area contributed by atoms with Crippen molar-refractivity contribution in [3.05, 3.63) is 53.1 Å². The number of hydrogen-bond donors (Lipinski definition) is 0. The summed E-state index contributed by atoms with van der Waals surface area (Å²) in [6.45, 7) is 4.52. The van der Waals surface area contributed by atoms with Gasteiger partial charge in [-0.3, -0.25) is 0 Å². The van der Waals surface area contributed by atoms with E-state index in [0.29, 0.717) is 5.56 Å². The van der Waals surface area contributed by atoms with Crippen LogP contribution in [-0.2, 0) is 15.0 Å². The number of benzene rings is 2. The Hall–Kier alpha value is -2.32. The number of carbonyl (C=O) groups is 2. The molecule has 0 saturated heterocycles. The van der Waals surface area contributed by atoms with Gasteiger partial charge >= 0.3 is 185 Å². The Kier molecular flexibility index (Phi) is 7.52. The SMILES string of the molecule is COc1cc[c]([Pb]([O]C(=O)C(F)(F)F)([O]C(=O)C(F)(F)F)[c]2c(C)cc(C)cc2C)cc1. The number of halogens is 6. The van der Waals surface area contributed by atoms with E-state index in [0.717, 1.165) is 12.1 Å². The third-order valence-corrected chi connectivity index (χ3v) is 18.0. The zero-order valence-electron chi connectivity index (χ0n) is 17.3. The minimum atomic E-state index is -6.47. The van der Waals surface area contributed by atoms with Crippen LogP contribution in [0, 0.1) is 20.8 Å². The number of ether oxygens (including phenoxy) is 1. The molecule has 0 saturated carbocycles. The molecule has 0 atom stereocenters. The zero-order chi connectivity index (χ0) is 24.5. The van der Waals surface area contributed by atoms with Gasteiger partial charge in [0.2, 0.25) is 0 Å². The summed E-state index contributed by atoms with van der Waals surface area (Å²) in [6.07, 6.45) is -11.1. The molecule has 0 radical (unpaired) electrons. The summed E-state index contributed by atoms with van der Waals surface area (Å²) >= 11 is -6.47. The molecule has 0 amide bonds. The predicted octanol–water partition coefficient (Wildman–Crippen LogP) is 3.39. The van der Waals surface area contributed by atoms with Crippen molar-refractivity contribution in [2.75, 3.05) is 7.11 Å². The van der Waals surface area contributed by atoms with Gasteiger partial charge in [0.05, 0.1) is 0 Å². The Labute approximate surface area is 185 Å². The Morgan fingerprint density at radius 3 is 1.53 bits per heavy atom. The van der Waals surface area contributed by atoms with Crippen molar-refractivity contribution in [2.45, 2.75) is 33.1 Å². The average molecular weight is 660 g/mol. The molecule has 0 unspecified atom stereocenters. The number of hydrogen-bond acceptors (Lipinski definition) is 5. The maximum absolute atomic E-state index is 13.1. The molecule has 0 aliphatic rings. The van der Waals surface area contributed by atoms with Gasteiger partial charge in [0.25, 0.3) is 0 Å². The molecule has 174 valence electrons. The second-order valence-corrected chi connectivity index (χ2v) is 17.5. The van der Waals surface area contributed by atoms with Crippen LogP contribution in [0.25, 0.3) is 0 Å². The summed E-state index contributed by atoms with van der Waals surface area (Å²) in [7, 11) is 1.30. The maximum atomic E-state index is 13.1. The number of alkyl halides is 6. The van der Waals surface area contributed by atoms with Crippen molar-refractivity contribution in [2.24, 2.45) is 0 Å². The molecule has 2 aromatic rings. The van der Waals surface area contributed by atoms with E-state index in [9.17, 15) is 35.9 Å². The van der Waals surface area contributed by atoms with E-state index < -0.39 is 46.4 Å². The average Bonchev–Trinajstić information content (AvgIpc) is 2.65.